The van der Waals surface area contributed by atoms with Gasteiger partial charge in [0.25, 0.3) is 0 Å². The van der Waals surface area contributed by atoms with Crippen molar-refractivity contribution in [3.05, 3.63) is 35.4 Å². The van der Waals surface area contributed by atoms with Crippen LogP contribution in [0.5, 0.6) is 0 Å². The van der Waals surface area contributed by atoms with E-state index in [4.69, 9.17) is 4.74 Å². The number of nitrogens with one attached hydrogen (secondary N) is 1. The molecule has 0 spiro atoms. The summed E-state index contributed by atoms with van der Waals surface area (Å²) in [5.41, 5.74) is 2.73. The zero-order valence-electron chi connectivity index (χ0n) is 13.9. The van der Waals surface area contributed by atoms with Gasteiger partial charge in [-0.15, -0.1) is 0 Å². The SMILES string of the molecule is CC(C)c1ccc(CCCNC(=O)C[C@@H]2CCCOC2)cc1. The fourth-order valence-corrected chi connectivity index (χ4v) is 2.89. The summed E-state index contributed by atoms with van der Waals surface area (Å²) >= 11 is 0. The fraction of sp³-hybridized carbons (Fsp3) is 0.632. The average Bonchev–Trinajstić information content (AvgIpc) is 2.53. The van der Waals surface area contributed by atoms with E-state index in [9.17, 15) is 4.79 Å². The molecule has 1 atom stereocenters. The maximum absolute atomic E-state index is 11.9. The summed E-state index contributed by atoms with van der Waals surface area (Å²) in [7, 11) is 0. The number of amides is 1. The van der Waals surface area contributed by atoms with Gasteiger partial charge in [0.05, 0.1) is 0 Å². The molecular weight excluding hydrogens is 274 g/mol. The van der Waals surface area contributed by atoms with Crippen molar-refractivity contribution in [2.75, 3.05) is 19.8 Å². The molecule has 0 aliphatic carbocycles. The van der Waals surface area contributed by atoms with Crippen LogP contribution >= 0.6 is 0 Å². The molecule has 1 aliphatic rings. The summed E-state index contributed by atoms with van der Waals surface area (Å²) in [5.74, 6) is 1.17. The summed E-state index contributed by atoms with van der Waals surface area (Å²) in [6, 6.07) is 8.83. The molecule has 1 heterocycles. The number of rotatable bonds is 7. The van der Waals surface area contributed by atoms with Crippen molar-refractivity contribution in [2.45, 2.75) is 51.9 Å². The molecule has 2 rings (SSSR count). The third-order valence-electron chi connectivity index (χ3n) is 4.34. The quantitative estimate of drug-likeness (QED) is 0.780. The van der Waals surface area contributed by atoms with E-state index >= 15 is 0 Å². The molecular formula is C19H29NO2. The predicted octanol–water partition coefficient (Wildman–Crippen LogP) is 3.68. The summed E-state index contributed by atoms with van der Waals surface area (Å²) in [4.78, 5) is 11.9. The van der Waals surface area contributed by atoms with Gasteiger partial charge in [-0.1, -0.05) is 38.1 Å². The highest BCUT2D eigenvalue weighted by Crippen LogP contribution is 2.17. The molecule has 1 aliphatic heterocycles. The minimum absolute atomic E-state index is 0.172. The minimum atomic E-state index is 0.172. The number of hydrogen-bond acceptors (Lipinski definition) is 2. The largest absolute Gasteiger partial charge is 0.381 e. The van der Waals surface area contributed by atoms with E-state index < -0.39 is 0 Å². The molecule has 1 amide bonds. The van der Waals surface area contributed by atoms with Crippen molar-refractivity contribution in [3.63, 3.8) is 0 Å². The van der Waals surface area contributed by atoms with E-state index in [1.54, 1.807) is 0 Å². The highest BCUT2D eigenvalue weighted by molar-refractivity contribution is 5.76. The lowest BCUT2D eigenvalue weighted by molar-refractivity contribution is -0.123. The van der Waals surface area contributed by atoms with Crippen molar-refractivity contribution in [1.29, 1.82) is 0 Å². The molecule has 0 unspecified atom stereocenters. The van der Waals surface area contributed by atoms with Crippen LogP contribution in [-0.4, -0.2) is 25.7 Å². The van der Waals surface area contributed by atoms with Crippen molar-refractivity contribution >= 4 is 5.91 Å². The fourth-order valence-electron chi connectivity index (χ4n) is 2.89. The first-order valence-corrected chi connectivity index (χ1v) is 8.58. The molecule has 122 valence electrons. The molecule has 1 saturated heterocycles. The normalized spacial score (nSPS) is 18.4. The summed E-state index contributed by atoms with van der Waals surface area (Å²) < 4.78 is 5.41. The Kier molecular flexibility index (Phi) is 6.91. The van der Waals surface area contributed by atoms with Crippen LogP contribution in [0.15, 0.2) is 24.3 Å². The monoisotopic (exact) mass is 303 g/mol. The first kappa shape index (κ1) is 17.0. The van der Waals surface area contributed by atoms with Crippen molar-refractivity contribution in [2.24, 2.45) is 5.92 Å². The van der Waals surface area contributed by atoms with Crippen LogP contribution in [0, 0.1) is 5.92 Å². The zero-order chi connectivity index (χ0) is 15.8. The Hall–Kier alpha value is -1.35. The van der Waals surface area contributed by atoms with Gasteiger partial charge in [0, 0.05) is 26.2 Å². The third kappa shape index (κ3) is 5.80. The molecule has 3 nitrogen and oxygen atoms in total. The number of ether oxygens (including phenoxy) is 1. The van der Waals surface area contributed by atoms with Crippen LogP contribution in [0.3, 0.4) is 0 Å². The summed E-state index contributed by atoms with van der Waals surface area (Å²) in [5, 5.41) is 3.04. The first-order chi connectivity index (χ1) is 10.6. The zero-order valence-corrected chi connectivity index (χ0v) is 13.9. The molecule has 1 N–H and O–H groups in total. The maximum atomic E-state index is 11.9. The van der Waals surface area contributed by atoms with Crippen LogP contribution < -0.4 is 5.32 Å². The maximum Gasteiger partial charge on any atom is 0.220 e. The lowest BCUT2D eigenvalue weighted by Gasteiger charge is -2.21. The van der Waals surface area contributed by atoms with E-state index in [0.29, 0.717) is 18.3 Å². The van der Waals surface area contributed by atoms with Gasteiger partial charge >= 0.3 is 0 Å². The molecule has 3 heteroatoms. The van der Waals surface area contributed by atoms with Gasteiger partial charge in [-0.3, -0.25) is 4.79 Å². The molecule has 0 radical (unpaired) electrons. The van der Waals surface area contributed by atoms with E-state index in [1.807, 2.05) is 0 Å². The molecule has 1 aromatic carbocycles. The Morgan fingerprint density at radius 3 is 2.73 bits per heavy atom. The average molecular weight is 303 g/mol. The smallest absolute Gasteiger partial charge is 0.220 e. The van der Waals surface area contributed by atoms with E-state index in [0.717, 1.165) is 45.4 Å². The second kappa shape index (κ2) is 8.94. The topological polar surface area (TPSA) is 38.3 Å². The van der Waals surface area contributed by atoms with Crippen LogP contribution in [0.4, 0.5) is 0 Å². The lowest BCUT2D eigenvalue weighted by atomic mass is 9.98. The molecule has 1 aromatic rings. The number of carbonyl (C=O) groups excluding carboxylic acids is 1. The number of hydrogen-bond donors (Lipinski definition) is 1. The Morgan fingerprint density at radius 1 is 1.32 bits per heavy atom. The van der Waals surface area contributed by atoms with Crippen molar-refractivity contribution in [3.8, 4) is 0 Å². The minimum Gasteiger partial charge on any atom is -0.381 e. The van der Waals surface area contributed by atoms with Crippen molar-refractivity contribution in [1.82, 2.24) is 5.32 Å². The predicted molar refractivity (Wildman–Crippen MR) is 90.0 cm³/mol. The van der Waals surface area contributed by atoms with E-state index in [-0.39, 0.29) is 5.91 Å². The van der Waals surface area contributed by atoms with Gasteiger partial charge in [-0.25, -0.2) is 0 Å². The highest BCUT2D eigenvalue weighted by Gasteiger charge is 2.17. The Labute approximate surface area is 134 Å². The Morgan fingerprint density at radius 2 is 2.09 bits per heavy atom. The van der Waals surface area contributed by atoms with Crippen LogP contribution in [0.25, 0.3) is 0 Å². The van der Waals surface area contributed by atoms with Crippen LogP contribution in [0.1, 0.15) is 56.6 Å². The molecule has 0 aromatic heterocycles. The number of aryl methyl sites for hydroxylation is 1. The van der Waals surface area contributed by atoms with E-state index in [1.165, 1.54) is 11.1 Å². The Balaban J connectivity index is 1.60. The van der Waals surface area contributed by atoms with E-state index in [2.05, 4.69) is 43.4 Å². The van der Waals surface area contributed by atoms with Gasteiger partial charge in [0.1, 0.15) is 0 Å². The van der Waals surface area contributed by atoms with Gasteiger partial charge in [-0.05, 0) is 48.6 Å². The molecule has 0 bridgehead atoms. The number of benzene rings is 1. The second-order valence-corrected chi connectivity index (χ2v) is 6.64. The van der Waals surface area contributed by atoms with Gasteiger partial charge < -0.3 is 10.1 Å². The van der Waals surface area contributed by atoms with Gasteiger partial charge in [0.15, 0.2) is 0 Å². The lowest BCUT2D eigenvalue weighted by Crippen LogP contribution is -2.29. The third-order valence-corrected chi connectivity index (χ3v) is 4.34. The van der Waals surface area contributed by atoms with Crippen LogP contribution in [0.2, 0.25) is 0 Å². The van der Waals surface area contributed by atoms with Gasteiger partial charge in [0.2, 0.25) is 5.91 Å². The van der Waals surface area contributed by atoms with Gasteiger partial charge in [-0.2, -0.15) is 0 Å². The molecule has 22 heavy (non-hydrogen) atoms. The Bertz CT molecular complexity index is 447. The van der Waals surface area contributed by atoms with Crippen molar-refractivity contribution < 1.29 is 9.53 Å². The van der Waals surface area contributed by atoms with Crippen LogP contribution in [-0.2, 0) is 16.0 Å². The molecule has 1 fully saturated rings. The first-order valence-electron chi connectivity index (χ1n) is 8.58. The summed E-state index contributed by atoms with van der Waals surface area (Å²) in [6.07, 6.45) is 4.84. The number of carbonyl (C=O) groups is 1. The second-order valence-electron chi connectivity index (χ2n) is 6.64. The highest BCUT2D eigenvalue weighted by atomic mass is 16.5. The standard InChI is InChI=1S/C19H29NO2/c1-15(2)18-9-7-16(8-10-18)5-3-11-20-19(21)13-17-6-4-12-22-14-17/h7-10,15,17H,3-6,11-14H2,1-2H3,(H,20,21)/t17-/m0/s1. The summed E-state index contributed by atoms with van der Waals surface area (Å²) in [6.45, 7) is 6.78. The molecule has 0 saturated carbocycles.